The predicted molar refractivity (Wildman–Crippen MR) is 78.0 cm³/mol. The van der Waals surface area contributed by atoms with Crippen molar-refractivity contribution in [3.8, 4) is 0 Å². The van der Waals surface area contributed by atoms with Gasteiger partial charge in [0.05, 0.1) is 6.54 Å². The van der Waals surface area contributed by atoms with Crippen LogP contribution < -0.4 is 5.32 Å². The normalized spacial score (nSPS) is 22.7. The molecule has 112 valence electrons. The van der Waals surface area contributed by atoms with Crippen LogP contribution in [0.25, 0.3) is 0 Å². The van der Waals surface area contributed by atoms with E-state index in [0.717, 1.165) is 25.9 Å². The lowest BCUT2D eigenvalue weighted by molar-refractivity contribution is -0.0476. The van der Waals surface area contributed by atoms with Crippen molar-refractivity contribution in [1.29, 1.82) is 0 Å². The predicted octanol–water partition coefficient (Wildman–Crippen LogP) is 3.10. The smallest absolute Gasteiger partial charge is 0.285 e. The molecular formula is C16H24F2N2. The summed E-state index contributed by atoms with van der Waals surface area (Å²) in [4.78, 5) is 1.91. The molecule has 2 unspecified atom stereocenters. The van der Waals surface area contributed by atoms with Gasteiger partial charge in [-0.25, -0.2) is 0 Å². The van der Waals surface area contributed by atoms with Crippen molar-refractivity contribution in [2.24, 2.45) is 5.92 Å². The summed E-state index contributed by atoms with van der Waals surface area (Å²) in [5.74, 6) is -2.31. The molecule has 1 aliphatic heterocycles. The van der Waals surface area contributed by atoms with E-state index in [4.69, 9.17) is 0 Å². The quantitative estimate of drug-likeness (QED) is 0.893. The van der Waals surface area contributed by atoms with Gasteiger partial charge >= 0.3 is 0 Å². The van der Waals surface area contributed by atoms with E-state index in [1.165, 1.54) is 12.1 Å². The molecule has 0 saturated carbocycles. The van der Waals surface area contributed by atoms with Gasteiger partial charge in [0.25, 0.3) is 5.92 Å². The molecule has 1 heterocycles. The van der Waals surface area contributed by atoms with E-state index in [2.05, 4.69) is 12.2 Å². The Labute approximate surface area is 120 Å². The highest BCUT2D eigenvalue weighted by Gasteiger charge is 2.35. The fourth-order valence-electron chi connectivity index (χ4n) is 2.93. The molecule has 1 N–H and O–H groups in total. The number of benzene rings is 1. The van der Waals surface area contributed by atoms with Gasteiger partial charge in [-0.1, -0.05) is 30.3 Å². The molecule has 4 heteroatoms. The maximum Gasteiger partial charge on any atom is 0.285 e. The van der Waals surface area contributed by atoms with Crippen molar-refractivity contribution < 1.29 is 8.78 Å². The molecule has 0 aliphatic carbocycles. The maximum atomic E-state index is 14.3. The van der Waals surface area contributed by atoms with Crippen LogP contribution in [0.2, 0.25) is 0 Å². The van der Waals surface area contributed by atoms with Crippen LogP contribution in [0.3, 0.4) is 0 Å². The number of rotatable bonds is 5. The van der Waals surface area contributed by atoms with Gasteiger partial charge in [-0.2, -0.15) is 8.78 Å². The van der Waals surface area contributed by atoms with Crippen LogP contribution >= 0.6 is 0 Å². The molecular weight excluding hydrogens is 258 g/mol. The summed E-state index contributed by atoms with van der Waals surface area (Å²) in [7, 11) is 1.93. The summed E-state index contributed by atoms with van der Waals surface area (Å²) in [6.45, 7) is 3.48. The molecule has 0 aromatic heterocycles. The molecule has 1 saturated heterocycles. The number of nitrogens with zero attached hydrogens (tertiary/aromatic N) is 1. The van der Waals surface area contributed by atoms with Crippen LogP contribution in [0.1, 0.15) is 25.3 Å². The van der Waals surface area contributed by atoms with Crippen LogP contribution in [0.5, 0.6) is 0 Å². The highest BCUT2D eigenvalue weighted by Crippen LogP contribution is 2.30. The van der Waals surface area contributed by atoms with Crippen LogP contribution in [0.4, 0.5) is 8.78 Å². The number of nitrogens with one attached hydrogen (secondary N) is 1. The summed E-state index contributed by atoms with van der Waals surface area (Å²) >= 11 is 0. The second-order valence-electron chi connectivity index (χ2n) is 5.79. The Morgan fingerprint density at radius 3 is 2.70 bits per heavy atom. The fourth-order valence-corrected chi connectivity index (χ4v) is 2.93. The summed E-state index contributed by atoms with van der Waals surface area (Å²) in [5.41, 5.74) is 0.115. The van der Waals surface area contributed by atoms with E-state index in [-0.39, 0.29) is 12.1 Å². The third-order valence-electron chi connectivity index (χ3n) is 4.32. The van der Waals surface area contributed by atoms with Crippen molar-refractivity contribution >= 4 is 0 Å². The zero-order chi connectivity index (χ0) is 14.6. The van der Waals surface area contributed by atoms with Gasteiger partial charge in [-0.15, -0.1) is 0 Å². The van der Waals surface area contributed by atoms with E-state index < -0.39 is 5.92 Å². The first-order valence-electron chi connectivity index (χ1n) is 7.36. The molecule has 2 rings (SSSR count). The van der Waals surface area contributed by atoms with Crippen LogP contribution in [-0.2, 0) is 5.92 Å². The minimum atomic E-state index is -2.77. The van der Waals surface area contributed by atoms with Crippen molar-refractivity contribution in [2.45, 2.75) is 31.7 Å². The third-order valence-corrected chi connectivity index (χ3v) is 4.32. The maximum absolute atomic E-state index is 14.3. The average molecular weight is 282 g/mol. The molecule has 20 heavy (non-hydrogen) atoms. The van der Waals surface area contributed by atoms with Gasteiger partial charge in [0, 0.05) is 18.2 Å². The summed E-state index contributed by atoms with van der Waals surface area (Å²) in [5, 5.41) is 3.24. The van der Waals surface area contributed by atoms with E-state index in [1.807, 2.05) is 11.9 Å². The van der Waals surface area contributed by atoms with Crippen LogP contribution in [0, 0.1) is 5.92 Å². The highest BCUT2D eigenvalue weighted by atomic mass is 19.3. The third kappa shape index (κ3) is 3.76. The summed E-state index contributed by atoms with van der Waals surface area (Å²) in [6.07, 6.45) is 2.12. The molecule has 2 nitrogen and oxygen atoms in total. The zero-order valence-electron chi connectivity index (χ0n) is 12.3. The Bertz CT molecular complexity index is 408. The Hall–Kier alpha value is -1.00. The first-order valence-corrected chi connectivity index (χ1v) is 7.36. The second-order valence-corrected chi connectivity index (χ2v) is 5.79. The number of likely N-dealkylation sites (tertiary alicyclic amines) is 1. The molecule has 0 spiro atoms. The van der Waals surface area contributed by atoms with Gasteiger partial charge in [0.2, 0.25) is 0 Å². The standard InChI is InChI=1S/C16H24F2N2/c1-13(19-2)14-7-6-10-20(11-14)12-16(17,18)15-8-4-3-5-9-15/h3-5,8-9,13-14,19H,6-7,10-12H2,1-2H3. The molecule has 1 fully saturated rings. The fraction of sp³-hybridized carbons (Fsp3) is 0.625. The number of piperidine rings is 1. The van der Waals surface area contributed by atoms with Gasteiger partial charge in [-0.05, 0) is 39.3 Å². The van der Waals surface area contributed by atoms with E-state index >= 15 is 0 Å². The SMILES string of the molecule is CNC(C)C1CCCN(CC(F)(F)c2ccccc2)C1. The van der Waals surface area contributed by atoms with Crippen LogP contribution in [0.15, 0.2) is 30.3 Å². The second kappa shape index (κ2) is 6.64. The first kappa shape index (κ1) is 15.4. The molecule has 0 radical (unpaired) electrons. The molecule has 2 atom stereocenters. The Balaban J connectivity index is 1.98. The average Bonchev–Trinajstić information content (AvgIpc) is 2.47. The zero-order valence-corrected chi connectivity index (χ0v) is 12.3. The van der Waals surface area contributed by atoms with Gasteiger partial charge in [-0.3, -0.25) is 4.90 Å². The van der Waals surface area contributed by atoms with Gasteiger partial charge < -0.3 is 5.32 Å². The molecule has 0 amide bonds. The monoisotopic (exact) mass is 282 g/mol. The van der Waals surface area contributed by atoms with Crippen molar-refractivity contribution in [3.63, 3.8) is 0 Å². The van der Waals surface area contributed by atoms with E-state index in [0.29, 0.717) is 12.0 Å². The molecule has 0 bridgehead atoms. The number of alkyl halides is 2. The number of hydrogen-bond donors (Lipinski definition) is 1. The topological polar surface area (TPSA) is 15.3 Å². The Kier molecular flexibility index (Phi) is 5.11. The van der Waals surface area contributed by atoms with Crippen molar-refractivity contribution in [3.05, 3.63) is 35.9 Å². The van der Waals surface area contributed by atoms with E-state index in [9.17, 15) is 8.78 Å². The molecule has 1 aliphatic rings. The van der Waals surface area contributed by atoms with Crippen molar-refractivity contribution in [2.75, 3.05) is 26.7 Å². The lowest BCUT2D eigenvalue weighted by Crippen LogP contribution is -2.46. The Morgan fingerprint density at radius 1 is 1.35 bits per heavy atom. The number of halogens is 2. The van der Waals surface area contributed by atoms with Crippen LogP contribution in [-0.4, -0.2) is 37.6 Å². The summed E-state index contributed by atoms with van der Waals surface area (Å²) in [6, 6.07) is 8.51. The Morgan fingerprint density at radius 2 is 2.05 bits per heavy atom. The largest absolute Gasteiger partial charge is 0.317 e. The minimum absolute atomic E-state index is 0.115. The molecule has 1 aromatic rings. The summed E-state index contributed by atoms with van der Waals surface area (Å²) < 4.78 is 28.6. The molecule has 1 aromatic carbocycles. The minimum Gasteiger partial charge on any atom is -0.317 e. The van der Waals surface area contributed by atoms with E-state index in [1.54, 1.807) is 18.2 Å². The van der Waals surface area contributed by atoms with Gasteiger partial charge in [0.15, 0.2) is 0 Å². The van der Waals surface area contributed by atoms with Crippen molar-refractivity contribution in [1.82, 2.24) is 10.2 Å². The lowest BCUT2D eigenvalue weighted by Gasteiger charge is -2.37. The van der Waals surface area contributed by atoms with Gasteiger partial charge in [0.1, 0.15) is 0 Å². The lowest BCUT2D eigenvalue weighted by atomic mass is 9.91. The highest BCUT2D eigenvalue weighted by molar-refractivity contribution is 5.20. The number of hydrogen-bond acceptors (Lipinski definition) is 2. The first-order chi connectivity index (χ1) is 9.53.